The predicted molar refractivity (Wildman–Crippen MR) is 172 cm³/mol. The molecule has 1 saturated carbocycles. The van der Waals surface area contributed by atoms with E-state index in [9.17, 15) is 26.8 Å². The molecule has 1 aliphatic carbocycles. The van der Waals surface area contributed by atoms with E-state index >= 15 is 0 Å². The highest BCUT2D eigenvalue weighted by Gasteiger charge is 2.44. The van der Waals surface area contributed by atoms with Crippen LogP contribution < -0.4 is 19.8 Å². The van der Waals surface area contributed by atoms with Crippen LogP contribution in [0.2, 0.25) is 0 Å². The van der Waals surface area contributed by atoms with Crippen molar-refractivity contribution in [2.45, 2.75) is 44.4 Å². The maximum Gasteiger partial charge on any atom is 0.257 e. The fourth-order valence-electron chi connectivity index (χ4n) is 6.56. The first-order valence-electron chi connectivity index (χ1n) is 15.9. The molecule has 2 aromatic carbocycles. The van der Waals surface area contributed by atoms with Crippen LogP contribution in [0.25, 0.3) is 0 Å². The second kappa shape index (κ2) is 13.0. The lowest BCUT2D eigenvalue weighted by molar-refractivity contribution is -0.0220. The van der Waals surface area contributed by atoms with E-state index in [1.165, 1.54) is 18.9 Å². The molecular weight excluding hydrogens is 620 g/mol. The molecule has 0 aromatic heterocycles. The van der Waals surface area contributed by atoms with Gasteiger partial charge in [-0.1, -0.05) is 0 Å². The fraction of sp³-hybridized carbons (Fsp3) is 0.562. The highest BCUT2D eigenvalue weighted by Crippen LogP contribution is 2.54. The SMILES string of the molecule is O=C(Nc1ccc(C(=O)N2CCOCC2)c(N2CCC(F)(F)CC2)c1)c1ccc(NS(=O)(=O)CCO)cc1N1CCC2(CC1)CC2. The van der Waals surface area contributed by atoms with Crippen LogP contribution in [0, 0.1) is 5.41 Å². The number of benzene rings is 2. The summed E-state index contributed by atoms with van der Waals surface area (Å²) in [5, 5.41) is 12.1. The third kappa shape index (κ3) is 7.39. The number of carbonyl (C=O) groups excluding carboxylic acids is 2. The number of morpholine rings is 1. The van der Waals surface area contributed by atoms with Gasteiger partial charge in [0.1, 0.15) is 0 Å². The van der Waals surface area contributed by atoms with Gasteiger partial charge in [0.25, 0.3) is 17.7 Å². The van der Waals surface area contributed by atoms with E-state index < -0.39 is 34.2 Å². The fourth-order valence-corrected chi connectivity index (χ4v) is 7.39. The summed E-state index contributed by atoms with van der Waals surface area (Å²) in [6.07, 6.45) is 3.73. The molecule has 3 aliphatic heterocycles. The standard InChI is InChI=1S/C32H41F2N5O6S/c33-32(34)9-13-38(14-10-32)28-21-23(1-4-26(28)30(42)39-15-18-45-19-16-39)35-29(41)25-3-2-24(36-46(43,44)20-17-40)22-27(25)37-11-7-31(5-6-31)8-12-37/h1-4,21-22,36,40H,5-20H2,(H,35,41). The molecule has 1 spiro atoms. The smallest absolute Gasteiger partial charge is 0.257 e. The molecule has 6 rings (SSSR count). The van der Waals surface area contributed by atoms with Crippen LogP contribution >= 0.6 is 0 Å². The summed E-state index contributed by atoms with van der Waals surface area (Å²) >= 11 is 0. The zero-order valence-corrected chi connectivity index (χ0v) is 26.6. The number of nitrogens with one attached hydrogen (secondary N) is 2. The highest BCUT2D eigenvalue weighted by molar-refractivity contribution is 7.92. The Morgan fingerprint density at radius 1 is 0.804 bits per heavy atom. The van der Waals surface area contributed by atoms with Gasteiger partial charge in [-0.05, 0) is 67.5 Å². The van der Waals surface area contributed by atoms with Crippen LogP contribution in [0.15, 0.2) is 36.4 Å². The van der Waals surface area contributed by atoms with Gasteiger partial charge in [0.15, 0.2) is 0 Å². The summed E-state index contributed by atoms with van der Waals surface area (Å²) in [6, 6.07) is 9.69. The Morgan fingerprint density at radius 2 is 1.37 bits per heavy atom. The topological polar surface area (TPSA) is 132 Å². The van der Waals surface area contributed by atoms with Crippen LogP contribution in [-0.4, -0.2) is 101 Å². The number of nitrogens with zero attached hydrogens (tertiary/aromatic N) is 3. The van der Waals surface area contributed by atoms with Gasteiger partial charge in [-0.25, -0.2) is 17.2 Å². The van der Waals surface area contributed by atoms with E-state index in [-0.39, 0.29) is 31.8 Å². The van der Waals surface area contributed by atoms with Crippen molar-refractivity contribution >= 4 is 44.6 Å². The number of piperidine rings is 2. The number of rotatable bonds is 9. The number of amides is 2. The Labute approximate surface area is 267 Å². The number of ether oxygens (including phenoxy) is 1. The predicted octanol–water partition coefficient (Wildman–Crippen LogP) is 3.76. The zero-order chi connectivity index (χ0) is 32.5. The molecule has 4 fully saturated rings. The molecule has 4 aliphatic rings. The minimum Gasteiger partial charge on any atom is -0.395 e. The van der Waals surface area contributed by atoms with Gasteiger partial charge < -0.3 is 29.9 Å². The Balaban J connectivity index is 1.28. The van der Waals surface area contributed by atoms with E-state index in [2.05, 4.69) is 14.9 Å². The molecule has 2 amide bonds. The summed E-state index contributed by atoms with van der Waals surface area (Å²) in [6.45, 7) is 2.80. The van der Waals surface area contributed by atoms with Crippen LogP contribution in [0.5, 0.6) is 0 Å². The first kappa shape index (κ1) is 32.5. The molecular formula is C32H41F2N5O6S. The molecule has 0 unspecified atom stereocenters. The van der Waals surface area contributed by atoms with Crippen molar-refractivity contribution in [2.24, 2.45) is 5.41 Å². The van der Waals surface area contributed by atoms with Gasteiger partial charge >= 0.3 is 0 Å². The Hall–Kier alpha value is -3.49. The number of carbonyl (C=O) groups is 2. The van der Waals surface area contributed by atoms with Gasteiger partial charge in [-0.15, -0.1) is 0 Å². The van der Waals surface area contributed by atoms with Gasteiger partial charge in [-0.3, -0.25) is 14.3 Å². The Morgan fingerprint density at radius 3 is 2.00 bits per heavy atom. The monoisotopic (exact) mass is 661 g/mol. The van der Waals surface area contributed by atoms with Crippen LogP contribution in [-0.2, 0) is 14.8 Å². The maximum atomic E-state index is 14.1. The van der Waals surface area contributed by atoms with Crippen LogP contribution in [0.1, 0.15) is 59.2 Å². The minimum absolute atomic E-state index is 0.0715. The lowest BCUT2D eigenvalue weighted by atomic mass is 9.93. The molecule has 0 bridgehead atoms. The molecule has 3 N–H and O–H groups in total. The van der Waals surface area contributed by atoms with Crippen molar-refractivity contribution in [1.29, 1.82) is 0 Å². The molecule has 250 valence electrons. The number of hydrogen-bond donors (Lipinski definition) is 3. The van der Waals surface area contributed by atoms with Crippen molar-refractivity contribution in [3.05, 3.63) is 47.5 Å². The quantitative estimate of drug-likeness (QED) is 0.371. The van der Waals surface area contributed by atoms with E-state index in [0.29, 0.717) is 65.6 Å². The molecule has 46 heavy (non-hydrogen) atoms. The summed E-state index contributed by atoms with van der Waals surface area (Å²) in [5.41, 5.74) is 2.90. The molecule has 11 nitrogen and oxygen atoms in total. The largest absolute Gasteiger partial charge is 0.395 e. The van der Waals surface area contributed by atoms with Crippen molar-refractivity contribution in [3.63, 3.8) is 0 Å². The third-order valence-corrected chi connectivity index (χ3v) is 10.9. The second-order valence-corrected chi connectivity index (χ2v) is 14.6. The van der Waals surface area contributed by atoms with Crippen molar-refractivity contribution in [2.75, 3.05) is 84.7 Å². The number of alkyl halides is 2. The molecule has 3 saturated heterocycles. The van der Waals surface area contributed by atoms with Crippen molar-refractivity contribution in [1.82, 2.24) is 4.90 Å². The number of anilines is 4. The summed E-state index contributed by atoms with van der Waals surface area (Å²) < 4.78 is 60.7. The van der Waals surface area contributed by atoms with Crippen molar-refractivity contribution in [3.8, 4) is 0 Å². The summed E-state index contributed by atoms with van der Waals surface area (Å²) in [7, 11) is -3.77. The molecule has 3 heterocycles. The van der Waals surface area contributed by atoms with E-state index in [4.69, 9.17) is 9.84 Å². The molecule has 0 radical (unpaired) electrons. The Bertz CT molecular complexity index is 1560. The van der Waals surface area contributed by atoms with E-state index in [0.717, 1.165) is 25.9 Å². The first-order valence-corrected chi connectivity index (χ1v) is 17.6. The number of sulfonamides is 1. The molecule has 0 atom stereocenters. The zero-order valence-electron chi connectivity index (χ0n) is 25.8. The van der Waals surface area contributed by atoms with Crippen LogP contribution in [0.4, 0.5) is 31.5 Å². The molecule has 2 aromatic rings. The highest BCUT2D eigenvalue weighted by atomic mass is 32.2. The summed E-state index contributed by atoms with van der Waals surface area (Å²) in [5.74, 6) is -3.85. The second-order valence-electron chi connectivity index (χ2n) is 12.8. The lowest BCUT2D eigenvalue weighted by Gasteiger charge is -2.36. The third-order valence-electron chi connectivity index (χ3n) is 9.62. The molecule has 14 heteroatoms. The number of aliphatic hydroxyl groups excluding tert-OH is 1. The first-order chi connectivity index (χ1) is 22.0. The number of aliphatic hydroxyl groups is 1. The van der Waals surface area contributed by atoms with E-state index in [1.54, 1.807) is 40.1 Å². The minimum atomic E-state index is -3.77. The normalized spacial score (nSPS) is 20.8. The maximum absolute atomic E-state index is 14.1. The average molecular weight is 662 g/mol. The van der Waals surface area contributed by atoms with Gasteiger partial charge in [0, 0.05) is 57.8 Å². The van der Waals surface area contributed by atoms with Gasteiger partial charge in [0.2, 0.25) is 10.0 Å². The number of hydrogen-bond acceptors (Lipinski definition) is 8. The number of halogens is 2. The van der Waals surface area contributed by atoms with Crippen LogP contribution in [0.3, 0.4) is 0 Å². The van der Waals surface area contributed by atoms with Crippen molar-refractivity contribution < 1.29 is 36.6 Å². The Kier molecular flexibility index (Phi) is 9.14. The lowest BCUT2D eigenvalue weighted by Crippen LogP contribution is -2.43. The van der Waals surface area contributed by atoms with Gasteiger partial charge in [-0.2, -0.15) is 0 Å². The average Bonchev–Trinajstić information content (AvgIpc) is 3.79. The van der Waals surface area contributed by atoms with E-state index in [1.807, 2.05) is 0 Å². The summed E-state index contributed by atoms with van der Waals surface area (Å²) in [4.78, 5) is 32.9. The van der Waals surface area contributed by atoms with Gasteiger partial charge in [0.05, 0.1) is 53.8 Å².